The van der Waals surface area contributed by atoms with E-state index in [-0.39, 0.29) is 6.04 Å². The molecule has 1 unspecified atom stereocenters. The van der Waals surface area contributed by atoms with E-state index in [9.17, 15) is 0 Å². The number of rotatable bonds is 4. The van der Waals surface area contributed by atoms with E-state index < -0.39 is 0 Å². The largest absolute Gasteiger partial charge is 0.497 e. The maximum absolute atomic E-state index is 6.19. The summed E-state index contributed by atoms with van der Waals surface area (Å²) in [6.07, 6.45) is 2.86. The summed E-state index contributed by atoms with van der Waals surface area (Å²) in [7, 11) is 1.67. The van der Waals surface area contributed by atoms with Crippen LogP contribution in [0.15, 0.2) is 42.6 Å². The van der Waals surface area contributed by atoms with Gasteiger partial charge in [0.2, 0.25) is 0 Å². The molecular weight excluding hydrogens is 274 g/mol. The van der Waals surface area contributed by atoms with E-state index in [0.717, 1.165) is 29.2 Å². The summed E-state index contributed by atoms with van der Waals surface area (Å²) in [6, 6.07) is 12.1. The second-order valence-corrected chi connectivity index (χ2v) is 5.69. The molecule has 1 atom stereocenters. The lowest BCUT2D eigenvalue weighted by atomic mass is 10.1. The molecule has 4 nitrogen and oxygen atoms in total. The Labute approximate surface area is 130 Å². The lowest BCUT2D eigenvalue weighted by Crippen LogP contribution is -2.11. The van der Waals surface area contributed by atoms with Crippen molar-refractivity contribution in [3.05, 3.63) is 65.1 Å². The molecular formula is C18H21N3O. The summed E-state index contributed by atoms with van der Waals surface area (Å²) in [5.41, 5.74) is 11.6. The molecule has 1 aromatic carbocycles. The quantitative estimate of drug-likeness (QED) is 0.803. The van der Waals surface area contributed by atoms with Crippen LogP contribution < -0.4 is 10.5 Å². The number of hydrogen-bond acceptors (Lipinski definition) is 3. The van der Waals surface area contributed by atoms with Gasteiger partial charge in [0.05, 0.1) is 18.5 Å². The molecule has 2 aromatic heterocycles. The molecule has 0 spiro atoms. The van der Waals surface area contributed by atoms with Crippen LogP contribution in [-0.2, 0) is 6.42 Å². The van der Waals surface area contributed by atoms with Gasteiger partial charge in [-0.1, -0.05) is 18.2 Å². The Morgan fingerprint density at radius 3 is 2.55 bits per heavy atom. The van der Waals surface area contributed by atoms with Crippen molar-refractivity contribution in [2.75, 3.05) is 7.11 Å². The highest BCUT2D eigenvalue weighted by Gasteiger charge is 2.16. The number of fused-ring (bicyclic) bond motifs is 1. The first-order chi connectivity index (χ1) is 10.6. The van der Waals surface area contributed by atoms with Crippen LogP contribution in [0.25, 0.3) is 5.65 Å². The first-order valence-electron chi connectivity index (χ1n) is 7.44. The summed E-state index contributed by atoms with van der Waals surface area (Å²) >= 11 is 0. The van der Waals surface area contributed by atoms with Crippen molar-refractivity contribution in [1.82, 2.24) is 9.38 Å². The van der Waals surface area contributed by atoms with Gasteiger partial charge < -0.3 is 14.9 Å². The standard InChI is InChI=1S/C18H21N3O/c1-12-4-9-17-20-16(18(13(2)19)21(17)11-12)10-14-5-7-15(22-3)8-6-14/h4-9,11,13H,10,19H2,1-3H3. The van der Waals surface area contributed by atoms with Crippen LogP contribution in [0.5, 0.6) is 5.75 Å². The van der Waals surface area contributed by atoms with Crippen LogP contribution in [0.4, 0.5) is 0 Å². The Morgan fingerprint density at radius 2 is 1.91 bits per heavy atom. The van der Waals surface area contributed by atoms with Crippen molar-refractivity contribution in [2.45, 2.75) is 26.3 Å². The van der Waals surface area contributed by atoms with Gasteiger partial charge in [-0.05, 0) is 43.2 Å². The molecule has 2 N–H and O–H groups in total. The third-order valence-corrected chi connectivity index (χ3v) is 3.84. The van der Waals surface area contributed by atoms with Crippen LogP contribution in [-0.4, -0.2) is 16.5 Å². The Balaban J connectivity index is 2.03. The number of imidazole rings is 1. The van der Waals surface area contributed by atoms with E-state index in [4.69, 9.17) is 15.5 Å². The molecule has 0 bridgehead atoms. The van der Waals surface area contributed by atoms with Crippen LogP contribution in [0, 0.1) is 6.92 Å². The van der Waals surface area contributed by atoms with E-state index in [0.29, 0.717) is 0 Å². The lowest BCUT2D eigenvalue weighted by molar-refractivity contribution is 0.414. The number of aromatic nitrogens is 2. The van der Waals surface area contributed by atoms with Crippen molar-refractivity contribution in [2.24, 2.45) is 5.73 Å². The zero-order chi connectivity index (χ0) is 15.7. The molecule has 0 aliphatic carbocycles. The summed E-state index contributed by atoms with van der Waals surface area (Å²) in [5, 5.41) is 0. The Hall–Kier alpha value is -2.33. The van der Waals surface area contributed by atoms with Gasteiger partial charge in [0.1, 0.15) is 11.4 Å². The van der Waals surface area contributed by atoms with Crippen LogP contribution in [0.1, 0.15) is 35.5 Å². The van der Waals surface area contributed by atoms with E-state index >= 15 is 0 Å². The number of benzene rings is 1. The number of nitrogens with two attached hydrogens (primary N) is 1. The van der Waals surface area contributed by atoms with Crippen LogP contribution in [0.2, 0.25) is 0 Å². The molecule has 0 saturated carbocycles. The maximum Gasteiger partial charge on any atom is 0.137 e. The highest BCUT2D eigenvalue weighted by Crippen LogP contribution is 2.22. The number of aryl methyl sites for hydroxylation is 1. The third kappa shape index (κ3) is 2.70. The number of pyridine rings is 1. The average Bonchev–Trinajstić information content (AvgIpc) is 2.85. The SMILES string of the molecule is COc1ccc(Cc2nc3ccc(C)cn3c2C(C)N)cc1. The van der Waals surface area contributed by atoms with E-state index in [1.807, 2.05) is 25.1 Å². The number of nitrogens with zero attached hydrogens (tertiary/aromatic N) is 2. The minimum absolute atomic E-state index is 0.0648. The molecule has 0 amide bonds. The lowest BCUT2D eigenvalue weighted by Gasteiger charge is -2.09. The molecule has 0 aliphatic heterocycles. The second kappa shape index (κ2) is 5.81. The van der Waals surface area contributed by atoms with Crippen molar-refractivity contribution >= 4 is 5.65 Å². The smallest absolute Gasteiger partial charge is 0.137 e. The van der Waals surface area contributed by atoms with Gasteiger partial charge >= 0.3 is 0 Å². The number of hydrogen-bond donors (Lipinski definition) is 1. The molecule has 22 heavy (non-hydrogen) atoms. The topological polar surface area (TPSA) is 52.5 Å². The average molecular weight is 295 g/mol. The Kier molecular flexibility index (Phi) is 3.86. The van der Waals surface area contributed by atoms with Crippen LogP contribution >= 0.6 is 0 Å². The fourth-order valence-electron chi connectivity index (χ4n) is 2.77. The monoisotopic (exact) mass is 295 g/mol. The Bertz CT molecular complexity index is 788. The predicted molar refractivity (Wildman–Crippen MR) is 88.3 cm³/mol. The molecule has 3 rings (SSSR count). The zero-order valence-corrected chi connectivity index (χ0v) is 13.2. The van der Waals surface area contributed by atoms with Gasteiger partial charge in [-0.15, -0.1) is 0 Å². The predicted octanol–water partition coefficient (Wildman–Crippen LogP) is 3.26. The maximum atomic E-state index is 6.19. The van der Waals surface area contributed by atoms with Crippen molar-refractivity contribution in [1.29, 1.82) is 0 Å². The molecule has 114 valence electrons. The fourth-order valence-corrected chi connectivity index (χ4v) is 2.77. The van der Waals surface area contributed by atoms with Gasteiger partial charge in [0, 0.05) is 18.7 Å². The summed E-state index contributed by atoms with van der Waals surface area (Å²) in [4.78, 5) is 4.76. The Morgan fingerprint density at radius 1 is 1.18 bits per heavy atom. The minimum Gasteiger partial charge on any atom is -0.497 e. The number of methoxy groups -OCH3 is 1. The first kappa shape index (κ1) is 14.6. The van der Waals surface area contributed by atoms with E-state index in [2.05, 4.69) is 35.7 Å². The van der Waals surface area contributed by atoms with Crippen molar-refractivity contribution in [3.63, 3.8) is 0 Å². The van der Waals surface area contributed by atoms with Crippen molar-refractivity contribution < 1.29 is 4.74 Å². The first-order valence-corrected chi connectivity index (χ1v) is 7.44. The van der Waals surface area contributed by atoms with Crippen LogP contribution in [0.3, 0.4) is 0 Å². The minimum atomic E-state index is -0.0648. The highest BCUT2D eigenvalue weighted by molar-refractivity contribution is 5.46. The van der Waals surface area contributed by atoms with Gasteiger partial charge in [0.15, 0.2) is 0 Å². The number of ether oxygens (including phenoxy) is 1. The van der Waals surface area contributed by atoms with E-state index in [1.54, 1.807) is 7.11 Å². The molecule has 0 fully saturated rings. The molecule has 0 aliphatic rings. The molecule has 0 radical (unpaired) electrons. The molecule has 0 saturated heterocycles. The second-order valence-electron chi connectivity index (χ2n) is 5.69. The normalized spacial score (nSPS) is 12.5. The van der Waals surface area contributed by atoms with E-state index in [1.165, 1.54) is 11.1 Å². The van der Waals surface area contributed by atoms with Gasteiger partial charge in [-0.3, -0.25) is 0 Å². The third-order valence-electron chi connectivity index (χ3n) is 3.84. The molecule has 3 aromatic rings. The highest BCUT2D eigenvalue weighted by atomic mass is 16.5. The summed E-state index contributed by atoms with van der Waals surface area (Å²) < 4.78 is 7.31. The fraction of sp³-hybridized carbons (Fsp3) is 0.278. The summed E-state index contributed by atoms with van der Waals surface area (Å²) in [6.45, 7) is 4.08. The molecule has 4 heteroatoms. The van der Waals surface area contributed by atoms with Gasteiger partial charge in [0.25, 0.3) is 0 Å². The zero-order valence-electron chi connectivity index (χ0n) is 13.2. The van der Waals surface area contributed by atoms with Gasteiger partial charge in [-0.2, -0.15) is 0 Å². The summed E-state index contributed by atoms with van der Waals surface area (Å²) in [5.74, 6) is 0.863. The molecule has 2 heterocycles. The van der Waals surface area contributed by atoms with Crippen molar-refractivity contribution in [3.8, 4) is 5.75 Å². The van der Waals surface area contributed by atoms with Gasteiger partial charge in [-0.25, -0.2) is 4.98 Å².